The minimum Gasteiger partial charge on any atom is -0.456 e. The summed E-state index contributed by atoms with van der Waals surface area (Å²) in [5, 5.41) is 11.1. The minimum absolute atomic E-state index is 0.859. The van der Waals surface area contributed by atoms with Crippen LogP contribution in [-0.4, -0.2) is 0 Å². The van der Waals surface area contributed by atoms with Crippen molar-refractivity contribution in [3.63, 3.8) is 0 Å². The first-order valence-electron chi connectivity index (χ1n) is 21.4. The van der Waals surface area contributed by atoms with E-state index in [-0.39, 0.29) is 0 Å². The van der Waals surface area contributed by atoms with Gasteiger partial charge in [0.05, 0.1) is 11.4 Å². The van der Waals surface area contributed by atoms with E-state index in [1.54, 1.807) is 0 Å². The van der Waals surface area contributed by atoms with Gasteiger partial charge in [0.15, 0.2) is 11.2 Å². The van der Waals surface area contributed by atoms with Gasteiger partial charge in [-0.2, -0.15) is 0 Å². The number of hydrogen-bond acceptors (Lipinski definition) is 5. The summed E-state index contributed by atoms with van der Waals surface area (Å²) in [4.78, 5) is 4.63. The molecule has 0 N–H and O–H groups in total. The molecule has 0 bridgehead atoms. The van der Waals surface area contributed by atoms with Crippen LogP contribution >= 0.6 is 0 Å². The fraction of sp³-hybridized carbons (Fsp3) is 0.0345. The maximum Gasteiger partial charge on any atom is 0.159 e. The predicted octanol–water partition coefficient (Wildman–Crippen LogP) is 17.2. The highest BCUT2D eigenvalue weighted by molar-refractivity contribution is 6.27. The average molecular weight is 811 g/mol. The molecule has 13 aromatic rings. The third-order valence-corrected chi connectivity index (χ3v) is 12.7. The Bertz CT molecular complexity index is 3720. The Morgan fingerprint density at radius 3 is 1.21 bits per heavy atom. The molecule has 63 heavy (non-hydrogen) atoms. The number of fused-ring (bicyclic) bond motifs is 13. The zero-order chi connectivity index (χ0) is 41.8. The maximum atomic E-state index is 6.64. The summed E-state index contributed by atoms with van der Waals surface area (Å²) in [6.07, 6.45) is 0. The summed E-state index contributed by atoms with van der Waals surface area (Å²) in [7, 11) is 0. The lowest BCUT2D eigenvalue weighted by molar-refractivity contribution is 0.668. The highest BCUT2D eigenvalue weighted by atomic mass is 16.3. The second-order valence-corrected chi connectivity index (χ2v) is 16.6. The lowest BCUT2D eigenvalue weighted by atomic mass is 9.98. The van der Waals surface area contributed by atoms with E-state index in [2.05, 4.69) is 194 Å². The Hall–Kier alpha value is -8.28. The second-order valence-electron chi connectivity index (χ2n) is 16.6. The Morgan fingerprint density at radius 1 is 0.302 bits per heavy atom. The molecule has 0 unspecified atom stereocenters. The molecule has 0 atom stereocenters. The highest BCUT2D eigenvalue weighted by Crippen LogP contribution is 2.47. The Kier molecular flexibility index (Phi) is 7.67. The Labute approximate surface area is 362 Å². The van der Waals surface area contributed by atoms with Crippen molar-refractivity contribution in [2.24, 2.45) is 0 Å². The van der Waals surface area contributed by atoms with E-state index >= 15 is 0 Å². The number of hydrogen-bond donors (Lipinski definition) is 0. The van der Waals surface area contributed by atoms with E-state index in [4.69, 9.17) is 13.3 Å². The van der Waals surface area contributed by atoms with Crippen LogP contribution in [0.3, 0.4) is 0 Å². The van der Waals surface area contributed by atoms with Crippen LogP contribution in [0.25, 0.3) is 87.4 Å². The molecule has 0 spiro atoms. The molecule has 0 aliphatic heterocycles. The van der Waals surface area contributed by atoms with Crippen molar-refractivity contribution in [2.45, 2.75) is 13.8 Å². The molecule has 5 nitrogen and oxygen atoms in total. The summed E-state index contributed by atoms with van der Waals surface area (Å²) >= 11 is 0. The zero-order valence-electron chi connectivity index (χ0n) is 34.6. The molecule has 3 aromatic heterocycles. The normalized spacial score (nSPS) is 12.0. The molecule has 0 amide bonds. The number of para-hydroxylation sites is 4. The SMILES string of the molecule is Cc1cccc(N(c2ccc3c(ccc4oc5ccc6cc(N(c7cccc(C)c7)c7cccc8c7oc7ccccc78)ccc6c5c43)c2)c2cccc3c2oc2ccccc23)c1. The van der Waals surface area contributed by atoms with Crippen molar-refractivity contribution in [1.82, 2.24) is 0 Å². The van der Waals surface area contributed by atoms with Gasteiger partial charge in [0, 0.05) is 55.1 Å². The van der Waals surface area contributed by atoms with Gasteiger partial charge in [-0.1, -0.05) is 109 Å². The number of nitrogens with zero attached hydrogens (tertiary/aromatic N) is 2. The summed E-state index contributed by atoms with van der Waals surface area (Å²) in [6, 6.07) is 68.8. The zero-order valence-corrected chi connectivity index (χ0v) is 34.6. The van der Waals surface area contributed by atoms with Gasteiger partial charge in [0.25, 0.3) is 0 Å². The number of rotatable bonds is 6. The van der Waals surface area contributed by atoms with Gasteiger partial charge in [0.2, 0.25) is 0 Å². The molecule has 0 aliphatic carbocycles. The molecule has 13 rings (SSSR count). The molecular weight excluding hydrogens is 773 g/mol. The van der Waals surface area contributed by atoms with Crippen molar-refractivity contribution in [1.29, 1.82) is 0 Å². The Balaban J connectivity index is 0.989. The lowest BCUT2D eigenvalue weighted by Gasteiger charge is -2.26. The minimum atomic E-state index is 0.859. The molecule has 0 fully saturated rings. The van der Waals surface area contributed by atoms with E-state index in [0.717, 1.165) is 121 Å². The summed E-state index contributed by atoms with van der Waals surface area (Å²) < 4.78 is 19.9. The molecule has 0 radical (unpaired) electrons. The third-order valence-electron chi connectivity index (χ3n) is 12.7. The van der Waals surface area contributed by atoms with Gasteiger partial charge >= 0.3 is 0 Å². The van der Waals surface area contributed by atoms with Gasteiger partial charge in [-0.25, -0.2) is 0 Å². The first-order valence-corrected chi connectivity index (χ1v) is 21.4. The third kappa shape index (κ3) is 5.49. The van der Waals surface area contributed by atoms with Crippen LogP contribution in [0.5, 0.6) is 0 Å². The van der Waals surface area contributed by atoms with E-state index in [0.29, 0.717) is 0 Å². The van der Waals surface area contributed by atoms with E-state index in [9.17, 15) is 0 Å². The monoisotopic (exact) mass is 810 g/mol. The van der Waals surface area contributed by atoms with Gasteiger partial charge in [-0.05, 0) is 131 Å². The van der Waals surface area contributed by atoms with Gasteiger partial charge in [-0.3, -0.25) is 0 Å². The van der Waals surface area contributed by atoms with E-state index < -0.39 is 0 Å². The molecule has 298 valence electrons. The molecular formula is C58H38N2O3. The van der Waals surface area contributed by atoms with Crippen molar-refractivity contribution in [3.8, 4) is 0 Å². The lowest BCUT2D eigenvalue weighted by Crippen LogP contribution is -2.10. The van der Waals surface area contributed by atoms with Gasteiger partial charge in [0.1, 0.15) is 22.3 Å². The smallest absolute Gasteiger partial charge is 0.159 e. The van der Waals surface area contributed by atoms with Gasteiger partial charge < -0.3 is 23.1 Å². The number of aryl methyl sites for hydroxylation is 2. The Morgan fingerprint density at radius 2 is 0.730 bits per heavy atom. The van der Waals surface area contributed by atoms with Gasteiger partial charge in [-0.15, -0.1) is 0 Å². The van der Waals surface area contributed by atoms with Crippen molar-refractivity contribution in [2.75, 3.05) is 9.80 Å². The molecule has 0 saturated heterocycles. The molecule has 0 aliphatic rings. The standard InChI is InChI=1S/C58H38N2O3/c1-35-11-7-13-39(31-35)59(49-19-9-17-47-45-15-3-5-21-51(45)62-57(47)49)41-25-27-43-37(33-41)23-29-53-55(43)56-44-28-26-42(34-38(44)24-30-54(56)61-53)60(40-14-8-12-36(2)32-40)50-20-10-18-48-46-16-4-6-22-52(46)63-58(48)50/h3-34H,1-2H3. The van der Waals surface area contributed by atoms with Crippen LogP contribution in [0.4, 0.5) is 34.1 Å². The number of anilines is 6. The van der Waals surface area contributed by atoms with Crippen LogP contribution < -0.4 is 9.80 Å². The first kappa shape index (κ1) is 35.5. The van der Waals surface area contributed by atoms with Crippen molar-refractivity contribution >= 4 is 121 Å². The topological polar surface area (TPSA) is 45.9 Å². The van der Waals surface area contributed by atoms with Crippen molar-refractivity contribution < 1.29 is 13.3 Å². The molecule has 0 saturated carbocycles. The van der Waals surface area contributed by atoms with Crippen LogP contribution in [-0.2, 0) is 0 Å². The summed E-state index contributed by atoms with van der Waals surface area (Å²) in [5.41, 5.74) is 13.8. The van der Waals surface area contributed by atoms with Crippen LogP contribution in [0.15, 0.2) is 207 Å². The first-order chi connectivity index (χ1) is 31.0. The summed E-state index contributed by atoms with van der Waals surface area (Å²) in [5.74, 6) is 0. The van der Waals surface area contributed by atoms with Crippen LogP contribution in [0.2, 0.25) is 0 Å². The maximum absolute atomic E-state index is 6.64. The van der Waals surface area contributed by atoms with Crippen molar-refractivity contribution in [3.05, 3.63) is 205 Å². The van der Waals surface area contributed by atoms with E-state index in [1.807, 2.05) is 24.3 Å². The average Bonchev–Trinajstić information content (AvgIpc) is 4.02. The predicted molar refractivity (Wildman–Crippen MR) is 262 cm³/mol. The molecule has 10 aromatic carbocycles. The number of benzene rings is 10. The fourth-order valence-electron chi connectivity index (χ4n) is 9.88. The fourth-order valence-corrected chi connectivity index (χ4v) is 9.88. The molecule has 5 heteroatoms. The quantitative estimate of drug-likeness (QED) is 0.167. The largest absolute Gasteiger partial charge is 0.456 e. The highest BCUT2D eigenvalue weighted by Gasteiger charge is 2.23. The van der Waals surface area contributed by atoms with Crippen LogP contribution in [0, 0.1) is 13.8 Å². The molecule has 3 heterocycles. The number of furan rings is 3. The summed E-state index contributed by atoms with van der Waals surface area (Å²) in [6.45, 7) is 4.28. The second kappa shape index (κ2) is 13.6. The van der Waals surface area contributed by atoms with Crippen LogP contribution in [0.1, 0.15) is 11.1 Å². The van der Waals surface area contributed by atoms with E-state index in [1.165, 1.54) is 11.1 Å².